The minimum Gasteiger partial charge on any atom is -0.507 e. The number of esters is 1. The SMILES string of the molecule is COC(=O)C1=c2c(c(=O)cc(O)c3cc(C)c(C)cc23)=CCN1. The van der Waals surface area contributed by atoms with Gasteiger partial charge in [-0.2, -0.15) is 0 Å². The monoisotopic (exact) mass is 311 g/mol. The van der Waals surface area contributed by atoms with Gasteiger partial charge in [-0.3, -0.25) is 4.79 Å². The molecule has 0 saturated heterocycles. The Labute approximate surface area is 132 Å². The van der Waals surface area contributed by atoms with Crippen molar-refractivity contribution in [3.63, 3.8) is 0 Å². The molecule has 0 radical (unpaired) electrons. The van der Waals surface area contributed by atoms with E-state index in [1.54, 1.807) is 6.08 Å². The molecule has 0 fully saturated rings. The van der Waals surface area contributed by atoms with Gasteiger partial charge in [0.25, 0.3) is 0 Å². The molecule has 2 aromatic carbocycles. The van der Waals surface area contributed by atoms with Crippen LogP contribution < -0.4 is 21.2 Å². The average Bonchev–Trinajstić information content (AvgIpc) is 2.64. The van der Waals surface area contributed by atoms with Crippen LogP contribution in [0.3, 0.4) is 0 Å². The standard InChI is InChI=1S/C18H17NO4/c1-9-6-12-13(7-10(9)2)16-11(14(20)8-15(12)21)4-5-19-17(16)18(22)23-3/h4,6-8,19,21H,5H2,1-3H3. The molecule has 1 aliphatic rings. The highest BCUT2D eigenvalue weighted by atomic mass is 16.5. The summed E-state index contributed by atoms with van der Waals surface area (Å²) in [6.07, 6.45) is 1.72. The number of aryl methyl sites for hydroxylation is 2. The van der Waals surface area contributed by atoms with Crippen molar-refractivity contribution in [3.8, 4) is 5.75 Å². The van der Waals surface area contributed by atoms with Crippen LogP contribution in [-0.4, -0.2) is 24.7 Å². The van der Waals surface area contributed by atoms with E-state index in [1.165, 1.54) is 13.2 Å². The number of carbonyl (C=O) groups is 1. The van der Waals surface area contributed by atoms with Gasteiger partial charge < -0.3 is 15.2 Å². The third kappa shape index (κ3) is 2.34. The molecule has 23 heavy (non-hydrogen) atoms. The number of aromatic hydroxyl groups is 1. The molecular formula is C18H17NO4. The lowest BCUT2D eigenvalue weighted by Gasteiger charge is -2.12. The fourth-order valence-corrected chi connectivity index (χ4v) is 2.87. The molecule has 0 atom stereocenters. The molecule has 0 unspecified atom stereocenters. The first-order chi connectivity index (χ1) is 10.9. The maximum absolute atomic E-state index is 12.4. The summed E-state index contributed by atoms with van der Waals surface area (Å²) in [6.45, 7) is 4.23. The maximum Gasteiger partial charge on any atom is 0.354 e. The smallest absolute Gasteiger partial charge is 0.354 e. The zero-order valence-electron chi connectivity index (χ0n) is 13.2. The van der Waals surface area contributed by atoms with Crippen LogP contribution >= 0.6 is 0 Å². The van der Waals surface area contributed by atoms with E-state index in [4.69, 9.17) is 4.74 Å². The Bertz CT molecular complexity index is 1020. The van der Waals surface area contributed by atoms with Crippen molar-refractivity contribution < 1.29 is 14.6 Å². The summed E-state index contributed by atoms with van der Waals surface area (Å²) < 4.78 is 4.83. The van der Waals surface area contributed by atoms with Crippen LogP contribution in [0.5, 0.6) is 5.75 Å². The third-order valence-corrected chi connectivity index (χ3v) is 4.21. The molecule has 3 rings (SSSR count). The molecule has 0 spiro atoms. The number of fused-ring (bicyclic) bond motifs is 3. The molecule has 0 aliphatic carbocycles. The van der Waals surface area contributed by atoms with E-state index in [-0.39, 0.29) is 16.9 Å². The number of nitrogens with one attached hydrogen (secondary N) is 1. The minimum atomic E-state index is -0.538. The zero-order chi connectivity index (χ0) is 16.7. The fraction of sp³-hybridized carbons (Fsp3) is 0.222. The van der Waals surface area contributed by atoms with Crippen LogP contribution in [0.4, 0.5) is 0 Å². The van der Waals surface area contributed by atoms with Crippen molar-refractivity contribution in [1.29, 1.82) is 0 Å². The van der Waals surface area contributed by atoms with Crippen molar-refractivity contribution in [3.05, 3.63) is 50.0 Å². The Morgan fingerprint density at radius 2 is 1.83 bits per heavy atom. The van der Waals surface area contributed by atoms with Gasteiger partial charge in [0.1, 0.15) is 11.4 Å². The third-order valence-electron chi connectivity index (χ3n) is 4.21. The Kier molecular flexibility index (Phi) is 3.56. The summed E-state index contributed by atoms with van der Waals surface area (Å²) in [5.41, 5.74) is 1.91. The lowest BCUT2D eigenvalue weighted by Crippen LogP contribution is -2.46. The van der Waals surface area contributed by atoms with Crippen molar-refractivity contribution in [2.24, 2.45) is 0 Å². The topological polar surface area (TPSA) is 75.6 Å². The van der Waals surface area contributed by atoms with Crippen LogP contribution in [-0.2, 0) is 9.53 Å². The quantitative estimate of drug-likeness (QED) is 0.735. The minimum absolute atomic E-state index is 0.0971. The number of benzene rings is 1. The lowest BCUT2D eigenvalue weighted by atomic mass is 10.0. The van der Waals surface area contributed by atoms with Gasteiger partial charge in [0.2, 0.25) is 0 Å². The van der Waals surface area contributed by atoms with Crippen LogP contribution in [0, 0.1) is 13.8 Å². The second kappa shape index (κ2) is 5.43. The molecule has 0 saturated carbocycles. The van der Waals surface area contributed by atoms with E-state index >= 15 is 0 Å². The van der Waals surface area contributed by atoms with Crippen molar-refractivity contribution in [1.82, 2.24) is 5.32 Å². The predicted molar refractivity (Wildman–Crippen MR) is 88.5 cm³/mol. The Morgan fingerprint density at radius 1 is 1.17 bits per heavy atom. The van der Waals surface area contributed by atoms with Crippen molar-refractivity contribution >= 4 is 28.5 Å². The number of carbonyl (C=O) groups excluding carboxylic acids is 1. The number of hydrogen-bond donors (Lipinski definition) is 2. The molecule has 0 bridgehead atoms. The first-order valence-corrected chi connectivity index (χ1v) is 7.28. The van der Waals surface area contributed by atoms with Crippen LogP contribution in [0.25, 0.3) is 22.5 Å². The molecule has 0 amide bonds. The van der Waals surface area contributed by atoms with Gasteiger partial charge in [0.15, 0.2) is 5.43 Å². The summed E-state index contributed by atoms with van der Waals surface area (Å²) in [4.78, 5) is 24.6. The summed E-state index contributed by atoms with van der Waals surface area (Å²) in [7, 11) is 1.30. The Morgan fingerprint density at radius 3 is 2.48 bits per heavy atom. The summed E-state index contributed by atoms with van der Waals surface area (Å²) in [6, 6.07) is 4.91. The van der Waals surface area contributed by atoms with E-state index in [0.717, 1.165) is 11.1 Å². The van der Waals surface area contributed by atoms with E-state index in [0.29, 0.717) is 27.8 Å². The first kappa shape index (κ1) is 15.1. The predicted octanol–water partition coefficient (Wildman–Crippen LogP) is 0.187. The average molecular weight is 311 g/mol. The van der Waals surface area contributed by atoms with E-state index in [2.05, 4.69) is 5.32 Å². The molecule has 0 aromatic heterocycles. The summed E-state index contributed by atoms with van der Waals surface area (Å²) >= 11 is 0. The van der Waals surface area contributed by atoms with Gasteiger partial charge in [-0.05, 0) is 36.4 Å². The largest absolute Gasteiger partial charge is 0.507 e. The normalized spacial score (nSPS) is 13.1. The van der Waals surface area contributed by atoms with Crippen molar-refractivity contribution in [2.75, 3.05) is 13.7 Å². The van der Waals surface area contributed by atoms with E-state index < -0.39 is 5.97 Å². The van der Waals surface area contributed by atoms with Crippen LogP contribution in [0.1, 0.15) is 11.1 Å². The van der Waals surface area contributed by atoms with Gasteiger partial charge in [0.05, 0.1) is 7.11 Å². The van der Waals surface area contributed by atoms with Gasteiger partial charge in [-0.25, -0.2) is 4.79 Å². The highest BCUT2D eigenvalue weighted by Crippen LogP contribution is 2.23. The molecule has 1 aliphatic heterocycles. The van der Waals surface area contributed by atoms with Crippen LogP contribution in [0.15, 0.2) is 23.0 Å². The maximum atomic E-state index is 12.4. The van der Waals surface area contributed by atoms with E-state index in [1.807, 2.05) is 26.0 Å². The molecule has 5 heteroatoms. The number of hydrogen-bond acceptors (Lipinski definition) is 5. The van der Waals surface area contributed by atoms with Gasteiger partial charge in [-0.1, -0.05) is 12.1 Å². The van der Waals surface area contributed by atoms with Gasteiger partial charge in [-0.15, -0.1) is 0 Å². The summed E-state index contributed by atoms with van der Waals surface area (Å²) in [5, 5.41) is 15.3. The van der Waals surface area contributed by atoms with Crippen LogP contribution in [0.2, 0.25) is 0 Å². The highest BCUT2D eigenvalue weighted by Gasteiger charge is 2.17. The summed E-state index contributed by atoms with van der Waals surface area (Å²) in [5.74, 6) is -0.635. The lowest BCUT2D eigenvalue weighted by molar-refractivity contribution is -0.134. The molecule has 2 N–H and O–H groups in total. The molecule has 1 heterocycles. The van der Waals surface area contributed by atoms with Crippen molar-refractivity contribution in [2.45, 2.75) is 13.8 Å². The Hall–Kier alpha value is -2.82. The Balaban J connectivity index is 2.74. The van der Waals surface area contributed by atoms with Gasteiger partial charge in [0, 0.05) is 28.4 Å². The molecule has 118 valence electrons. The second-order valence-corrected chi connectivity index (χ2v) is 5.62. The second-order valence-electron chi connectivity index (χ2n) is 5.62. The fourth-order valence-electron chi connectivity index (χ4n) is 2.87. The number of methoxy groups -OCH3 is 1. The number of rotatable bonds is 1. The highest BCUT2D eigenvalue weighted by molar-refractivity contribution is 6.11. The molecule has 2 aromatic rings. The first-order valence-electron chi connectivity index (χ1n) is 7.28. The molecular weight excluding hydrogens is 294 g/mol. The zero-order valence-corrected chi connectivity index (χ0v) is 13.2. The van der Waals surface area contributed by atoms with Gasteiger partial charge >= 0.3 is 5.97 Å². The molecule has 5 nitrogen and oxygen atoms in total. The number of ether oxygens (including phenoxy) is 1. The van der Waals surface area contributed by atoms with E-state index in [9.17, 15) is 14.7 Å².